The molecule has 0 unspecified atom stereocenters. The standard InChI is InChI=1S/C24H22N8O2/c1-13-20(12-29(2)28-13)32-21-16-8-14(6-7-17(16)25-11-19(21)30(3)24(32)33)15-9-18-22(26-10-15)31(4)23(27-18)34-5/h6-12H,1-5H3. The fraction of sp³-hybridized carbons (Fsp3) is 0.208. The number of aromatic nitrogens is 8. The van der Waals surface area contributed by atoms with Gasteiger partial charge < -0.3 is 4.74 Å². The van der Waals surface area contributed by atoms with Gasteiger partial charge in [-0.15, -0.1) is 0 Å². The van der Waals surface area contributed by atoms with Crippen LogP contribution in [0.15, 0.2) is 47.7 Å². The molecule has 5 aromatic heterocycles. The van der Waals surface area contributed by atoms with E-state index in [-0.39, 0.29) is 5.69 Å². The molecule has 0 atom stereocenters. The molecule has 0 amide bonds. The van der Waals surface area contributed by atoms with Crippen LogP contribution < -0.4 is 10.4 Å². The zero-order valence-corrected chi connectivity index (χ0v) is 19.4. The van der Waals surface area contributed by atoms with Crippen LogP contribution in [-0.2, 0) is 21.1 Å². The third kappa shape index (κ3) is 2.71. The topological polar surface area (TPSA) is 97.6 Å². The van der Waals surface area contributed by atoms with Gasteiger partial charge in [-0.3, -0.25) is 23.4 Å². The maximum absolute atomic E-state index is 13.3. The summed E-state index contributed by atoms with van der Waals surface area (Å²) in [6, 6.07) is 8.51. The molecule has 0 saturated carbocycles. The number of fused-ring (bicyclic) bond motifs is 4. The first-order valence-electron chi connectivity index (χ1n) is 10.7. The van der Waals surface area contributed by atoms with Gasteiger partial charge in [0.05, 0.1) is 41.2 Å². The van der Waals surface area contributed by atoms with E-state index in [1.165, 1.54) is 0 Å². The lowest BCUT2D eigenvalue weighted by molar-refractivity contribution is 0.368. The Morgan fingerprint density at radius 3 is 2.50 bits per heavy atom. The highest BCUT2D eigenvalue weighted by atomic mass is 16.5. The highest BCUT2D eigenvalue weighted by Crippen LogP contribution is 2.31. The zero-order chi connectivity index (χ0) is 23.7. The van der Waals surface area contributed by atoms with Crippen LogP contribution in [0.3, 0.4) is 0 Å². The largest absolute Gasteiger partial charge is 0.468 e. The number of rotatable bonds is 3. The minimum atomic E-state index is -0.144. The van der Waals surface area contributed by atoms with Gasteiger partial charge in [-0.1, -0.05) is 6.07 Å². The van der Waals surface area contributed by atoms with Gasteiger partial charge in [-0.25, -0.2) is 9.78 Å². The van der Waals surface area contributed by atoms with Gasteiger partial charge in [-0.05, 0) is 30.7 Å². The van der Waals surface area contributed by atoms with Crippen molar-refractivity contribution in [3.8, 4) is 22.8 Å². The number of benzene rings is 1. The van der Waals surface area contributed by atoms with E-state index in [2.05, 4.69) is 26.1 Å². The summed E-state index contributed by atoms with van der Waals surface area (Å²) in [5.41, 5.74) is 7.08. The van der Waals surface area contributed by atoms with E-state index >= 15 is 0 Å². The van der Waals surface area contributed by atoms with Crippen LogP contribution in [0, 0.1) is 6.92 Å². The molecule has 10 heteroatoms. The molecule has 0 saturated heterocycles. The molecule has 0 N–H and O–H groups in total. The van der Waals surface area contributed by atoms with E-state index in [0.717, 1.165) is 55.6 Å². The normalized spacial score (nSPS) is 11.8. The Kier molecular flexibility index (Phi) is 4.16. The molecule has 0 aliphatic rings. The molecular weight excluding hydrogens is 432 g/mol. The molecule has 10 nitrogen and oxygen atoms in total. The van der Waals surface area contributed by atoms with Crippen molar-refractivity contribution >= 4 is 33.1 Å². The molecule has 6 aromatic rings. The molecule has 0 aliphatic carbocycles. The van der Waals surface area contributed by atoms with E-state index in [4.69, 9.17) is 4.74 Å². The SMILES string of the molecule is COc1nc2cc(-c3ccc4ncc5c(c4c3)n(-c3cn(C)nc3C)c(=O)n5C)cnc2n1C. The van der Waals surface area contributed by atoms with Crippen LogP contribution in [0.25, 0.3) is 49.9 Å². The number of pyridine rings is 2. The number of hydrogen-bond donors (Lipinski definition) is 0. The number of nitrogens with zero attached hydrogens (tertiary/aromatic N) is 8. The summed E-state index contributed by atoms with van der Waals surface area (Å²) in [4.78, 5) is 27.0. The van der Waals surface area contributed by atoms with E-state index in [1.54, 1.807) is 34.2 Å². The van der Waals surface area contributed by atoms with Crippen LogP contribution in [0.4, 0.5) is 0 Å². The van der Waals surface area contributed by atoms with Gasteiger partial charge in [0.2, 0.25) is 0 Å². The van der Waals surface area contributed by atoms with Crippen LogP contribution in [0.5, 0.6) is 6.01 Å². The second kappa shape index (κ2) is 7.01. The highest BCUT2D eigenvalue weighted by molar-refractivity contribution is 6.04. The number of hydrogen-bond acceptors (Lipinski definition) is 6. The van der Waals surface area contributed by atoms with Gasteiger partial charge in [0.25, 0.3) is 6.01 Å². The number of methoxy groups -OCH3 is 1. The molecule has 170 valence electrons. The summed E-state index contributed by atoms with van der Waals surface area (Å²) in [6.07, 6.45) is 5.43. The molecule has 1 aromatic carbocycles. The second-order valence-electron chi connectivity index (χ2n) is 8.40. The Hall–Kier alpha value is -4.47. The molecule has 0 bridgehead atoms. The first-order valence-corrected chi connectivity index (χ1v) is 10.7. The van der Waals surface area contributed by atoms with E-state index < -0.39 is 0 Å². The van der Waals surface area contributed by atoms with Crippen molar-refractivity contribution in [2.24, 2.45) is 21.1 Å². The lowest BCUT2D eigenvalue weighted by Crippen LogP contribution is -2.21. The average Bonchev–Trinajstić information content (AvgIpc) is 3.43. The predicted molar refractivity (Wildman–Crippen MR) is 129 cm³/mol. The van der Waals surface area contributed by atoms with E-state index in [9.17, 15) is 4.79 Å². The minimum absolute atomic E-state index is 0.144. The average molecular weight is 454 g/mol. The van der Waals surface area contributed by atoms with Crippen LogP contribution in [0.1, 0.15) is 5.69 Å². The molecule has 34 heavy (non-hydrogen) atoms. The fourth-order valence-electron chi connectivity index (χ4n) is 4.60. The number of imidazole rings is 2. The summed E-state index contributed by atoms with van der Waals surface area (Å²) < 4.78 is 12.2. The number of aryl methyl sites for hydroxylation is 4. The highest BCUT2D eigenvalue weighted by Gasteiger charge is 2.19. The Morgan fingerprint density at radius 1 is 0.941 bits per heavy atom. The Balaban J connectivity index is 1.64. The van der Waals surface area contributed by atoms with Crippen molar-refractivity contribution in [2.75, 3.05) is 7.11 Å². The fourth-order valence-corrected chi connectivity index (χ4v) is 4.60. The van der Waals surface area contributed by atoms with Gasteiger partial charge in [0, 0.05) is 44.5 Å². The van der Waals surface area contributed by atoms with Gasteiger partial charge in [-0.2, -0.15) is 10.1 Å². The molecule has 0 spiro atoms. The molecule has 5 heterocycles. The monoisotopic (exact) mass is 454 g/mol. The van der Waals surface area contributed by atoms with Crippen molar-refractivity contribution in [1.29, 1.82) is 0 Å². The summed E-state index contributed by atoms with van der Waals surface area (Å²) in [6.45, 7) is 1.90. The predicted octanol–water partition coefficient (Wildman–Crippen LogP) is 2.88. The molecule has 6 rings (SSSR count). The van der Waals surface area contributed by atoms with Gasteiger partial charge in [0.1, 0.15) is 5.52 Å². The van der Waals surface area contributed by atoms with Crippen molar-refractivity contribution in [3.05, 3.63) is 59.0 Å². The smallest absolute Gasteiger partial charge is 0.333 e. The zero-order valence-electron chi connectivity index (χ0n) is 19.4. The molecule has 0 fully saturated rings. The molecular formula is C24H22N8O2. The first kappa shape index (κ1) is 20.2. The first-order chi connectivity index (χ1) is 16.4. The Bertz CT molecular complexity index is 1820. The summed E-state index contributed by atoms with van der Waals surface area (Å²) >= 11 is 0. The lowest BCUT2D eigenvalue weighted by atomic mass is 10.0. The summed E-state index contributed by atoms with van der Waals surface area (Å²) in [5, 5.41) is 5.31. The van der Waals surface area contributed by atoms with Crippen molar-refractivity contribution in [3.63, 3.8) is 0 Å². The van der Waals surface area contributed by atoms with Crippen molar-refractivity contribution < 1.29 is 4.74 Å². The molecule has 0 aliphatic heterocycles. The summed E-state index contributed by atoms with van der Waals surface area (Å²) in [7, 11) is 7.07. The Morgan fingerprint density at radius 2 is 1.76 bits per heavy atom. The van der Waals surface area contributed by atoms with Crippen LogP contribution >= 0.6 is 0 Å². The van der Waals surface area contributed by atoms with Crippen molar-refractivity contribution in [2.45, 2.75) is 6.92 Å². The third-order valence-corrected chi connectivity index (χ3v) is 6.30. The van der Waals surface area contributed by atoms with Crippen LogP contribution in [-0.4, -0.2) is 45.5 Å². The van der Waals surface area contributed by atoms with Crippen molar-refractivity contribution in [1.82, 2.24) is 38.4 Å². The maximum atomic E-state index is 13.3. The van der Waals surface area contributed by atoms with Crippen LogP contribution in [0.2, 0.25) is 0 Å². The summed E-state index contributed by atoms with van der Waals surface area (Å²) in [5.74, 6) is 0. The third-order valence-electron chi connectivity index (χ3n) is 6.30. The Labute approximate surface area is 193 Å². The lowest BCUT2D eigenvalue weighted by Gasteiger charge is -2.07. The minimum Gasteiger partial charge on any atom is -0.468 e. The number of ether oxygens (including phenoxy) is 1. The van der Waals surface area contributed by atoms with E-state index in [0.29, 0.717) is 6.01 Å². The molecule has 0 radical (unpaired) electrons. The van der Waals surface area contributed by atoms with Gasteiger partial charge >= 0.3 is 5.69 Å². The van der Waals surface area contributed by atoms with Gasteiger partial charge in [0.15, 0.2) is 5.65 Å². The maximum Gasteiger partial charge on any atom is 0.333 e. The quantitative estimate of drug-likeness (QED) is 0.408. The second-order valence-corrected chi connectivity index (χ2v) is 8.40. The van der Waals surface area contributed by atoms with E-state index in [1.807, 2.05) is 56.2 Å².